The summed E-state index contributed by atoms with van der Waals surface area (Å²) in [6, 6.07) is 12.0. The van der Waals surface area contributed by atoms with E-state index in [1.165, 1.54) is 6.07 Å². The number of amides is 1. The van der Waals surface area contributed by atoms with Crippen molar-refractivity contribution in [2.45, 2.75) is 26.5 Å². The van der Waals surface area contributed by atoms with Crippen LogP contribution in [0.1, 0.15) is 23.6 Å². The van der Waals surface area contributed by atoms with Gasteiger partial charge in [0.25, 0.3) is 0 Å². The van der Waals surface area contributed by atoms with Crippen molar-refractivity contribution < 1.29 is 13.9 Å². The van der Waals surface area contributed by atoms with Crippen molar-refractivity contribution in [3.05, 3.63) is 65.0 Å². The third-order valence-corrected chi connectivity index (χ3v) is 3.76. The first-order chi connectivity index (χ1) is 11.0. The van der Waals surface area contributed by atoms with Crippen LogP contribution >= 0.6 is 0 Å². The van der Waals surface area contributed by atoms with Gasteiger partial charge in [0.1, 0.15) is 18.2 Å². The number of carbonyl (C=O) groups is 1. The molecule has 2 aromatic carbocycles. The zero-order valence-corrected chi connectivity index (χ0v) is 13.1. The van der Waals surface area contributed by atoms with Crippen LogP contribution in [0.4, 0.5) is 4.39 Å². The number of halogens is 1. The summed E-state index contributed by atoms with van der Waals surface area (Å²) in [7, 11) is 0. The van der Waals surface area contributed by atoms with Crippen molar-refractivity contribution in [1.29, 1.82) is 0 Å². The number of nitrogens with two attached hydrogens (primary N) is 2. The molecule has 0 fully saturated rings. The van der Waals surface area contributed by atoms with Crippen molar-refractivity contribution in [3.8, 4) is 5.75 Å². The maximum absolute atomic E-state index is 13.6. The Labute approximate surface area is 135 Å². The quantitative estimate of drug-likeness (QED) is 0.824. The summed E-state index contributed by atoms with van der Waals surface area (Å²) >= 11 is 0. The van der Waals surface area contributed by atoms with Crippen molar-refractivity contribution >= 4 is 5.91 Å². The van der Waals surface area contributed by atoms with Gasteiger partial charge in [-0.1, -0.05) is 31.2 Å². The number of hydrogen-bond donors (Lipinski definition) is 2. The average molecular weight is 316 g/mol. The average Bonchev–Trinajstić information content (AvgIpc) is 2.54. The highest BCUT2D eigenvalue weighted by Gasteiger charge is 2.13. The number of ether oxygens (including phenoxy) is 1. The standard InChI is InChI=1S/C18H21FN2O2/c1-12(18(21)22)8-15-9-16(7-6-13(15)10-20)23-11-14-4-2-3-5-17(14)19/h2-7,9,12H,8,10-11,20H2,1H3,(H2,21,22). The topological polar surface area (TPSA) is 78.3 Å². The van der Waals surface area contributed by atoms with E-state index in [1.54, 1.807) is 31.2 Å². The molecular weight excluding hydrogens is 295 g/mol. The molecule has 1 atom stereocenters. The molecule has 0 aliphatic heterocycles. The van der Waals surface area contributed by atoms with Crippen molar-refractivity contribution in [3.63, 3.8) is 0 Å². The van der Waals surface area contributed by atoms with Crippen molar-refractivity contribution in [2.75, 3.05) is 0 Å². The van der Waals surface area contributed by atoms with E-state index in [4.69, 9.17) is 16.2 Å². The molecule has 2 aromatic rings. The van der Waals surface area contributed by atoms with E-state index in [2.05, 4.69) is 0 Å². The minimum absolute atomic E-state index is 0.138. The van der Waals surface area contributed by atoms with Gasteiger partial charge < -0.3 is 16.2 Å². The number of carbonyl (C=O) groups excluding carboxylic acids is 1. The van der Waals surface area contributed by atoms with Crippen LogP contribution in [0.5, 0.6) is 5.75 Å². The number of benzene rings is 2. The van der Waals surface area contributed by atoms with Gasteiger partial charge in [-0.15, -0.1) is 0 Å². The highest BCUT2D eigenvalue weighted by molar-refractivity contribution is 5.76. The minimum Gasteiger partial charge on any atom is -0.489 e. The lowest BCUT2D eigenvalue weighted by atomic mass is 9.96. The molecule has 0 aliphatic rings. The van der Waals surface area contributed by atoms with Crippen LogP contribution in [0.3, 0.4) is 0 Å². The van der Waals surface area contributed by atoms with Gasteiger partial charge in [0.05, 0.1) is 0 Å². The molecule has 0 saturated carbocycles. The van der Waals surface area contributed by atoms with Crippen LogP contribution in [-0.2, 0) is 24.4 Å². The lowest BCUT2D eigenvalue weighted by Crippen LogP contribution is -2.23. The minimum atomic E-state index is -0.356. The van der Waals surface area contributed by atoms with Crippen LogP contribution in [0.15, 0.2) is 42.5 Å². The Kier molecular flexibility index (Phi) is 5.71. The third kappa shape index (κ3) is 4.53. The number of rotatable bonds is 7. The maximum atomic E-state index is 13.6. The molecule has 0 spiro atoms. The van der Waals surface area contributed by atoms with Gasteiger partial charge in [-0.2, -0.15) is 0 Å². The first kappa shape index (κ1) is 17.0. The van der Waals surface area contributed by atoms with E-state index in [0.29, 0.717) is 24.3 Å². The molecule has 2 rings (SSSR count). The second-order valence-electron chi connectivity index (χ2n) is 5.52. The largest absolute Gasteiger partial charge is 0.489 e. The molecule has 0 radical (unpaired) electrons. The monoisotopic (exact) mass is 316 g/mol. The molecule has 0 heterocycles. The SMILES string of the molecule is CC(Cc1cc(OCc2ccccc2F)ccc1CN)C(N)=O. The Hall–Kier alpha value is -2.40. The fourth-order valence-corrected chi connectivity index (χ4v) is 2.29. The van der Waals surface area contributed by atoms with Gasteiger partial charge >= 0.3 is 0 Å². The highest BCUT2D eigenvalue weighted by Crippen LogP contribution is 2.22. The van der Waals surface area contributed by atoms with Gasteiger partial charge in [0.15, 0.2) is 0 Å². The van der Waals surface area contributed by atoms with Gasteiger partial charge in [-0.25, -0.2) is 4.39 Å². The maximum Gasteiger partial charge on any atom is 0.220 e. The zero-order chi connectivity index (χ0) is 16.8. The fraction of sp³-hybridized carbons (Fsp3) is 0.278. The summed E-state index contributed by atoms with van der Waals surface area (Å²) in [5.41, 5.74) is 13.4. The predicted molar refractivity (Wildman–Crippen MR) is 87.1 cm³/mol. The second-order valence-corrected chi connectivity index (χ2v) is 5.52. The van der Waals surface area contributed by atoms with E-state index in [9.17, 15) is 9.18 Å². The Balaban J connectivity index is 2.13. The first-order valence-corrected chi connectivity index (χ1v) is 7.48. The van der Waals surface area contributed by atoms with E-state index < -0.39 is 0 Å². The van der Waals surface area contributed by atoms with Crippen LogP contribution in [0, 0.1) is 11.7 Å². The summed E-state index contributed by atoms with van der Waals surface area (Å²) in [4.78, 5) is 11.3. The summed E-state index contributed by atoms with van der Waals surface area (Å²) in [5.74, 6) is -0.335. The molecule has 23 heavy (non-hydrogen) atoms. The Morgan fingerprint density at radius 2 is 1.91 bits per heavy atom. The lowest BCUT2D eigenvalue weighted by molar-refractivity contribution is -0.121. The van der Waals surface area contributed by atoms with E-state index in [1.807, 2.05) is 12.1 Å². The van der Waals surface area contributed by atoms with Crippen molar-refractivity contribution in [2.24, 2.45) is 17.4 Å². The zero-order valence-electron chi connectivity index (χ0n) is 13.1. The van der Waals surface area contributed by atoms with Crippen LogP contribution in [-0.4, -0.2) is 5.91 Å². The molecule has 122 valence electrons. The summed E-state index contributed by atoms with van der Waals surface area (Å²) in [5, 5.41) is 0. The van der Waals surface area contributed by atoms with Gasteiger partial charge in [0, 0.05) is 18.0 Å². The molecule has 0 bridgehead atoms. The Morgan fingerprint density at radius 1 is 1.17 bits per heavy atom. The molecule has 4 N–H and O–H groups in total. The lowest BCUT2D eigenvalue weighted by Gasteiger charge is -2.14. The first-order valence-electron chi connectivity index (χ1n) is 7.48. The normalized spacial score (nSPS) is 12.0. The second kappa shape index (κ2) is 7.74. The number of hydrogen-bond acceptors (Lipinski definition) is 3. The van der Waals surface area contributed by atoms with Crippen LogP contribution in [0.2, 0.25) is 0 Å². The van der Waals surface area contributed by atoms with Gasteiger partial charge in [-0.3, -0.25) is 4.79 Å². The molecule has 0 aromatic heterocycles. The molecule has 4 nitrogen and oxygen atoms in total. The number of primary amides is 1. The molecular formula is C18H21FN2O2. The van der Waals surface area contributed by atoms with Crippen LogP contribution in [0.25, 0.3) is 0 Å². The molecule has 1 unspecified atom stereocenters. The fourth-order valence-electron chi connectivity index (χ4n) is 2.29. The molecule has 0 saturated heterocycles. The van der Waals surface area contributed by atoms with E-state index >= 15 is 0 Å². The summed E-state index contributed by atoms with van der Waals surface area (Å²) in [6.07, 6.45) is 0.499. The summed E-state index contributed by atoms with van der Waals surface area (Å²) < 4.78 is 19.3. The van der Waals surface area contributed by atoms with Crippen LogP contribution < -0.4 is 16.2 Å². The third-order valence-electron chi connectivity index (χ3n) is 3.76. The van der Waals surface area contributed by atoms with Gasteiger partial charge in [0.2, 0.25) is 5.91 Å². The highest BCUT2D eigenvalue weighted by atomic mass is 19.1. The molecule has 1 amide bonds. The Morgan fingerprint density at radius 3 is 2.57 bits per heavy atom. The molecule has 5 heteroatoms. The molecule has 0 aliphatic carbocycles. The van der Waals surface area contributed by atoms with Gasteiger partial charge in [-0.05, 0) is 35.7 Å². The van der Waals surface area contributed by atoms with Crippen molar-refractivity contribution in [1.82, 2.24) is 0 Å². The summed E-state index contributed by atoms with van der Waals surface area (Å²) in [6.45, 7) is 2.28. The smallest absolute Gasteiger partial charge is 0.220 e. The van der Waals surface area contributed by atoms with E-state index in [-0.39, 0.29) is 24.2 Å². The predicted octanol–water partition coefficient (Wildman–Crippen LogP) is 2.53. The Bertz CT molecular complexity index is 688. The van der Waals surface area contributed by atoms with E-state index in [0.717, 1.165) is 11.1 Å².